The van der Waals surface area contributed by atoms with Crippen LogP contribution in [0.1, 0.15) is 11.3 Å². The van der Waals surface area contributed by atoms with E-state index in [-0.39, 0.29) is 5.56 Å². The topological polar surface area (TPSA) is 50.5 Å². The Morgan fingerprint density at radius 2 is 2.15 bits per heavy atom. The average molecular weight is 284 g/mol. The third-order valence-corrected chi connectivity index (χ3v) is 4.41. The van der Waals surface area contributed by atoms with E-state index in [1.165, 1.54) is 33.2 Å². The summed E-state index contributed by atoms with van der Waals surface area (Å²) < 4.78 is 1.38. The summed E-state index contributed by atoms with van der Waals surface area (Å²) in [5.74, 6) is 0. The van der Waals surface area contributed by atoms with Gasteiger partial charge in [-0.1, -0.05) is 29.5 Å². The molecule has 0 bridgehead atoms. The highest BCUT2D eigenvalue weighted by Gasteiger charge is 2.23. The van der Waals surface area contributed by atoms with Crippen LogP contribution in [0.15, 0.2) is 35.1 Å². The molecule has 0 saturated heterocycles. The zero-order chi connectivity index (χ0) is 13.7. The number of para-hydroxylation sites is 1. The van der Waals surface area contributed by atoms with E-state index < -0.39 is 0 Å². The molecule has 0 saturated carbocycles. The Balaban J connectivity index is 1.88. The summed E-state index contributed by atoms with van der Waals surface area (Å²) in [4.78, 5) is 19.1. The second kappa shape index (κ2) is 4.14. The molecule has 0 N–H and O–H groups in total. The van der Waals surface area contributed by atoms with E-state index in [4.69, 9.17) is 0 Å². The highest BCUT2D eigenvalue weighted by molar-refractivity contribution is 7.20. The molecule has 1 aliphatic heterocycles. The van der Waals surface area contributed by atoms with E-state index >= 15 is 0 Å². The van der Waals surface area contributed by atoms with Crippen LogP contribution >= 0.6 is 11.3 Å². The third kappa shape index (κ3) is 1.65. The summed E-state index contributed by atoms with van der Waals surface area (Å²) in [6, 6.07) is 9.82. The van der Waals surface area contributed by atoms with Gasteiger partial charge in [-0.15, -0.1) is 5.10 Å². The fraction of sp³-hybridized carbons (Fsp3) is 0.214. The van der Waals surface area contributed by atoms with Gasteiger partial charge in [0.05, 0.1) is 0 Å². The largest absolute Gasteiger partial charge is 0.316 e. The van der Waals surface area contributed by atoms with Crippen molar-refractivity contribution in [2.24, 2.45) is 0 Å². The first kappa shape index (κ1) is 11.6. The molecule has 0 radical (unpaired) electrons. The van der Waals surface area contributed by atoms with Crippen molar-refractivity contribution < 1.29 is 0 Å². The molecule has 2 aromatic heterocycles. The number of fused-ring (bicyclic) bond motifs is 2. The number of aryl methyl sites for hydroxylation is 1. The van der Waals surface area contributed by atoms with Gasteiger partial charge in [-0.25, -0.2) is 4.98 Å². The van der Waals surface area contributed by atoms with Gasteiger partial charge in [0.15, 0.2) is 0 Å². The number of nitrogens with zero attached hydrogens (tertiary/aromatic N) is 4. The van der Waals surface area contributed by atoms with Gasteiger partial charge in [-0.3, -0.25) is 4.79 Å². The van der Waals surface area contributed by atoms with Crippen molar-refractivity contribution in [1.29, 1.82) is 0 Å². The minimum atomic E-state index is -0.123. The van der Waals surface area contributed by atoms with E-state index in [1.54, 1.807) is 0 Å². The van der Waals surface area contributed by atoms with Crippen molar-refractivity contribution in [3.63, 3.8) is 0 Å². The van der Waals surface area contributed by atoms with Crippen LogP contribution in [-0.2, 0) is 6.42 Å². The van der Waals surface area contributed by atoms with Crippen molar-refractivity contribution in [1.82, 2.24) is 14.6 Å². The number of aromatic nitrogens is 3. The van der Waals surface area contributed by atoms with E-state index in [1.807, 2.05) is 13.0 Å². The second-order valence-corrected chi connectivity index (χ2v) is 5.78. The molecule has 1 aliphatic rings. The molecule has 100 valence electrons. The van der Waals surface area contributed by atoms with Gasteiger partial charge in [-0.2, -0.15) is 4.52 Å². The first-order valence-corrected chi connectivity index (χ1v) is 7.27. The van der Waals surface area contributed by atoms with Gasteiger partial charge in [0.25, 0.3) is 5.56 Å². The summed E-state index contributed by atoms with van der Waals surface area (Å²) in [5, 5.41) is 5.24. The Labute approximate surface area is 119 Å². The van der Waals surface area contributed by atoms with Crippen LogP contribution in [-0.4, -0.2) is 21.1 Å². The van der Waals surface area contributed by atoms with E-state index in [0.29, 0.717) is 4.96 Å². The molecule has 3 heterocycles. The van der Waals surface area contributed by atoms with Crippen molar-refractivity contribution in [3.05, 3.63) is 51.9 Å². The first-order valence-electron chi connectivity index (χ1n) is 6.45. The first-order chi connectivity index (χ1) is 9.72. The number of hydrogen-bond donors (Lipinski definition) is 0. The van der Waals surface area contributed by atoms with E-state index in [9.17, 15) is 4.79 Å². The number of rotatable bonds is 1. The molecule has 0 amide bonds. The fourth-order valence-corrected chi connectivity index (χ4v) is 3.55. The lowest BCUT2D eigenvalue weighted by Crippen LogP contribution is -2.17. The van der Waals surface area contributed by atoms with Gasteiger partial charge >= 0.3 is 0 Å². The number of hydrogen-bond acceptors (Lipinski definition) is 5. The van der Waals surface area contributed by atoms with Crippen LogP contribution in [0.25, 0.3) is 4.96 Å². The van der Waals surface area contributed by atoms with Crippen molar-refractivity contribution in [2.45, 2.75) is 13.3 Å². The Kier molecular flexibility index (Phi) is 2.40. The molecule has 20 heavy (non-hydrogen) atoms. The summed E-state index contributed by atoms with van der Waals surface area (Å²) in [5.41, 5.74) is 3.11. The monoisotopic (exact) mass is 284 g/mol. The highest BCUT2D eigenvalue weighted by Crippen LogP contribution is 2.35. The van der Waals surface area contributed by atoms with Crippen LogP contribution in [0.2, 0.25) is 0 Å². The van der Waals surface area contributed by atoms with Crippen LogP contribution in [0.3, 0.4) is 0 Å². The Morgan fingerprint density at radius 3 is 3.05 bits per heavy atom. The summed E-state index contributed by atoms with van der Waals surface area (Å²) >= 11 is 1.45. The molecule has 0 unspecified atom stereocenters. The van der Waals surface area contributed by atoms with Crippen LogP contribution in [0, 0.1) is 6.92 Å². The number of anilines is 2. The second-order valence-electron chi connectivity index (χ2n) is 4.85. The molecule has 0 aliphatic carbocycles. The summed E-state index contributed by atoms with van der Waals surface area (Å²) in [7, 11) is 0. The zero-order valence-corrected chi connectivity index (χ0v) is 11.7. The fourth-order valence-electron chi connectivity index (χ4n) is 2.56. The lowest BCUT2D eigenvalue weighted by atomic mass is 10.2. The van der Waals surface area contributed by atoms with Crippen molar-refractivity contribution >= 4 is 27.1 Å². The Hall–Kier alpha value is -2.21. The smallest absolute Gasteiger partial charge is 0.275 e. The van der Waals surface area contributed by atoms with Gasteiger partial charge < -0.3 is 4.90 Å². The van der Waals surface area contributed by atoms with Crippen molar-refractivity contribution in [3.8, 4) is 0 Å². The standard InChI is InChI=1S/C14H12N4OS/c1-9-8-12(19)18-13(15-9)20-14(16-18)17-7-6-10-4-2-3-5-11(10)17/h2-5,8H,6-7H2,1H3. The minimum Gasteiger partial charge on any atom is -0.316 e. The Morgan fingerprint density at radius 1 is 1.30 bits per heavy atom. The average Bonchev–Trinajstić information content (AvgIpc) is 3.01. The molecular formula is C14H12N4OS. The lowest BCUT2D eigenvalue weighted by molar-refractivity contribution is 0.869. The van der Waals surface area contributed by atoms with Gasteiger partial charge in [0.1, 0.15) is 0 Å². The number of benzene rings is 1. The maximum absolute atomic E-state index is 11.9. The molecule has 3 aromatic rings. The van der Waals surface area contributed by atoms with Crippen molar-refractivity contribution in [2.75, 3.05) is 11.4 Å². The van der Waals surface area contributed by atoms with E-state index in [2.05, 4.69) is 33.2 Å². The molecule has 5 nitrogen and oxygen atoms in total. The molecular weight excluding hydrogens is 272 g/mol. The molecule has 6 heteroatoms. The minimum absolute atomic E-state index is 0.123. The van der Waals surface area contributed by atoms with Crippen LogP contribution in [0.4, 0.5) is 10.8 Å². The van der Waals surface area contributed by atoms with Crippen LogP contribution in [0.5, 0.6) is 0 Å². The van der Waals surface area contributed by atoms with E-state index in [0.717, 1.165) is 23.8 Å². The molecule has 0 spiro atoms. The highest BCUT2D eigenvalue weighted by atomic mass is 32.1. The third-order valence-electron chi connectivity index (χ3n) is 3.48. The predicted octanol–water partition coefficient (Wildman–Crippen LogP) is 2.15. The predicted molar refractivity (Wildman–Crippen MR) is 79.0 cm³/mol. The summed E-state index contributed by atoms with van der Waals surface area (Å²) in [6.07, 6.45) is 1.01. The van der Waals surface area contributed by atoms with Crippen LogP contribution < -0.4 is 10.5 Å². The maximum atomic E-state index is 11.9. The SMILES string of the molecule is Cc1cc(=O)n2nc(N3CCc4ccccc43)sc2n1. The normalized spacial score (nSPS) is 13.9. The Bertz CT molecular complexity index is 867. The van der Waals surface area contributed by atoms with Gasteiger partial charge in [-0.05, 0) is 25.0 Å². The quantitative estimate of drug-likeness (QED) is 0.687. The summed E-state index contributed by atoms with van der Waals surface area (Å²) in [6.45, 7) is 2.72. The molecule has 1 aromatic carbocycles. The molecule has 4 rings (SSSR count). The maximum Gasteiger partial charge on any atom is 0.275 e. The lowest BCUT2D eigenvalue weighted by Gasteiger charge is -2.14. The van der Waals surface area contributed by atoms with Gasteiger partial charge in [0.2, 0.25) is 10.1 Å². The molecule has 0 fully saturated rings. The molecule has 0 atom stereocenters. The zero-order valence-electron chi connectivity index (χ0n) is 10.9. The van der Waals surface area contributed by atoms with Gasteiger partial charge in [0, 0.05) is 24.0 Å².